The predicted molar refractivity (Wildman–Crippen MR) is 88.5 cm³/mol. The average Bonchev–Trinajstić information content (AvgIpc) is 3.12. The third kappa shape index (κ3) is 3.37. The maximum atomic E-state index is 12.4. The number of carbonyl (C=O) groups excluding carboxylic acids is 2. The van der Waals surface area contributed by atoms with Crippen molar-refractivity contribution in [1.29, 1.82) is 0 Å². The summed E-state index contributed by atoms with van der Waals surface area (Å²) in [6, 6.07) is 9.22. The molecule has 0 N–H and O–H groups in total. The molecule has 1 aliphatic heterocycles. The van der Waals surface area contributed by atoms with Gasteiger partial charge in [-0.05, 0) is 31.6 Å². The summed E-state index contributed by atoms with van der Waals surface area (Å²) in [6.45, 7) is 2.71. The fourth-order valence-corrected chi connectivity index (χ4v) is 2.62. The van der Waals surface area contributed by atoms with Crippen LogP contribution >= 0.6 is 0 Å². The molecule has 6 heteroatoms. The number of benzene rings is 1. The van der Waals surface area contributed by atoms with Crippen LogP contribution in [-0.4, -0.2) is 39.7 Å². The van der Waals surface area contributed by atoms with Crippen LogP contribution in [0.2, 0.25) is 0 Å². The van der Waals surface area contributed by atoms with E-state index >= 15 is 0 Å². The van der Waals surface area contributed by atoms with Crippen LogP contribution in [-0.2, 0) is 4.74 Å². The second-order valence-corrected chi connectivity index (χ2v) is 5.49. The number of rotatable bonds is 4. The van der Waals surface area contributed by atoms with E-state index in [0.717, 1.165) is 6.42 Å². The Hall–Kier alpha value is -2.89. The summed E-state index contributed by atoms with van der Waals surface area (Å²) < 4.78 is 6.69. The SMILES string of the molecule is CCOC(=O)c1cnn(C2C=CN(C(=O)c3ccccc3)CC2)c1. The van der Waals surface area contributed by atoms with Crippen molar-refractivity contribution in [3.8, 4) is 0 Å². The zero-order valence-corrected chi connectivity index (χ0v) is 13.5. The summed E-state index contributed by atoms with van der Waals surface area (Å²) in [6.07, 6.45) is 7.63. The number of allylic oxidation sites excluding steroid dienone is 1. The lowest BCUT2D eigenvalue weighted by Gasteiger charge is -2.26. The van der Waals surface area contributed by atoms with Gasteiger partial charge in [-0.25, -0.2) is 4.79 Å². The van der Waals surface area contributed by atoms with Crippen LogP contribution in [0.15, 0.2) is 55.0 Å². The van der Waals surface area contributed by atoms with Crippen molar-refractivity contribution in [3.05, 3.63) is 66.1 Å². The van der Waals surface area contributed by atoms with Gasteiger partial charge in [0.1, 0.15) is 0 Å². The van der Waals surface area contributed by atoms with Gasteiger partial charge in [-0.1, -0.05) is 18.2 Å². The molecule has 1 aromatic carbocycles. The summed E-state index contributed by atoms with van der Waals surface area (Å²) in [5.41, 5.74) is 1.11. The number of aromatic nitrogens is 2. The van der Waals surface area contributed by atoms with Crippen molar-refractivity contribution in [3.63, 3.8) is 0 Å². The Labute approximate surface area is 140 Å². The normalized spacial score (nSPS) is 16.9. The largest absolute Gasteiger partial charge is 0.462 e. The molecule has 0 spiro atoms. The summed E-state index contributed by atoms with van der Waals surface area (Å²) >= 11 is 0. The topological polar surface area (TPSA) is 64.4 Å². The monoisotopic (exact) mass is 325 g/mol. The van der Waals surface area contributed by atoms with E-state index in [0.29, 0.717) is 24.3 Å². The van der Waals surface area contributed by atoms with Crippen molar-refractivity contribution >= 4 is 11.9 Å². The summed E-state index contributed by atoms with van der Waals surface area (Å²) in [4.78, 5) is 25.8. The van der Waals surface area contributed by atoms with Gasteiger partial charge in [0.05, 0.1) is 24.4 Å². The Morgan fingerprint density at radius 1 is 1.25 bits per heavy atom. The molecule has 0 aliphatic carbocycles. The maximum absolute atomic E-state index is 12.4. The first-order valence-corrected chi connectivity index (χ1v) is 7.94. The molecular formula is C18H19N3O3. The molecule has 0 fully saturated rings. The summed E-state index contributed by atoms with van der Waals surface area (Å²) in [5, 5.41) is 4.23. The van der Waals surface area contributed by atoms with Crippen molar-refractivity contribution in [1.82, 2.24) is 14.7 Å². The number of esters is 1. The van der Waals surface area contributed by atoms with E-state index in [9.17, 15) is 9.59 Å². The van der Waals surface area contributed by atoms with E-state index in [2.05, 4.69) is 5.10 Å². The van der Waals surface area contributed by atoms with Crippen LogP contribution < -0.4 is 0 Å². The molecule has 1 aliphatic rings. The number of nitrogens with zero attached hydrogens (tertiary/aromatic N) is 3. The minimum Gasteiger partial charge on any atom is -0.462 e. The van der Waals surface area contributed by atoms with Crippen molar-refractivity contribution in [2.24, 2.45) is 0 Å². The lowest BCUT2D eigenvalue weighted by molar-refractivity contribution is 0.0526. The number of hydrogen-bond donors (Lipinski definition) is 0. The van der Waals surface area contributed by atoms with Crippen LogP contribution in [0, 0.1) is 0 Å². The molecule has 1 amide bonds. The third-order valence-corrected chi connectivity index (χ3v) is 3.89. The Bertz CT molecular complexity index is 752. The molecule has 2 heterocycles. The maximum Gasteiger partial charge on any atom is 0.341 e. The predicted octanol–water partition coefficient (Wildman–Crippen LogP) is 2.66. The quantitative estimate of drug-likeness (QED) is 0.811. The molecular weight excluding hydrogens is 306 g/mol. The molecule has 3 rings (SSSR count). The molecule has 0 saturated carbocycles. The molecule has 24 heavy (non-hydrogen) atoms. The lowest BCUT2D eigenvalue weighted by Crippen LogP contribution is -2.31. The molecule has 1 atom stereocenters. The van der Waals surface area contributed by atoms with E-state index in [1.165, 1.54) is 6.20 Å². The van der Waals surface area contributed by atoms with Crippen LogP contribution in [0.4, 0.5) is 0 Å². The van der Waals surface area contributed by atoms with E-state index in [1.54, 1.807) is 41.0 Å². The molecule has 1 aromatic heterocycles. The first-order valence-electron chi connectivity index (χ1n) is 7.94. The molecule has 0 saturated heterocycles. The van der Waals surface area contributed by atoms with Gasteiger partial charge in [-0.15, -0.1) is 0 Å². The number of ether oxygens (including phenoxy) is 1. The first-order chi connectivity index (χ1) is 11.7. The van der Waals surface area contributed by atoms with Gasteiger partial charge in [0.15, 0.2) is 0 Å². The number of amides is 1. The standard InChI is InChI=1S/C18H19N3O3/c1-2-24-18(23)15-12-19-21(13-15)16-8-10-20(11-9-16)17(22)14-6-4-3-5-7-14/h3-8,10,12-13,16H,2,9,11H2,1H3. The van der Waals surface area contributed by atoms with Gasteiger partial charge in [0.25, 0.3) is 5.91 Å². The minimum atomic E-state index is -0.371. The molecule has 0 bridgehead atoms. The van der Waals surface area contributed by atoms with E-state index in [1.807, 2.05) is 24.3 Å². The van der Waals surface area contributed by atoms with Gasteiger partial charge in [0.2, 0.25) is 0 Å². The summed E-state index contributed by atoms with van der Waals surface area (Å²) in [5.74, 6) is -0.387. The van der Waals surface area contributed by atoms with Crippen LogP contribution in [0.25, 0.3) is 0 Å². The Kier molecular flexibility index (Phi) is 4.74. The highest BCUT2D eigenvalue weighted by Crippen LogP contribution is 2.21. The van der Waals surface area contributed by atoms with Crippen molar-refractivity contribution in [2.75, 3.05) is 13.2 Å². The van der Waals surface area contributed by atoms with Crippen molar-refractivity contribution in [2.45, 2.75) is 19.4 Å². The zero-order chi connectivity index (χ0) is 16.9. The highest BCUT2D eigenvalue weighted by Gasteiger charge is 2.21. The van der Waals surface area contributed by atoms with E-state index < -0.39 is 0 Å². The second kappa shape index (κ2) is 7.12. The Morgan fingerprint density at radius 3 is 2.71 bits per heavy atom. The molecule has 124 valence electrons. The molecule has 6 nitrogen and oxygen atoms in total. The first kappa shape index (κ1) is 16.0. The molecule has 2 aromatic rings. The zero-order valence-electron chi connectivity index (χ0n) is 13.5. The fraction of sp³-hybridized carbons (Fsp3) is 0.278. The average molecular weight is 325 g/mol. The van der Waals surface area contributed by atoms with Gasteiger partial charge in [-0.3, -0.25) is 9.48 Å². The lowest BCUT2D eigenvalue weighted by atomic mass is 10.1. The Morgan fingerprint density at radius 2 is 2.04 bits per heavy atom. The highest BCUT2D eigenvalue weighted by atomic mass is 16.5. The molecule has 0 radical (unpaired) electrons. The number of hydrogen-bond acceptors (Lipinski definition) is 4. The van der Waals surface area contributed by atoms with Crippen molar-refractivity contribution < 1.29 is 14.3 Å². The Balaban J connectivity index is 1.67. The summed E-state index contributed by atoms with van der Waals surface area (Å²) in [7, 11) is 0. The fourth-order valence-electron chi connectivity index (χ4n) is 2.62. The van der Waals surface area contributed by atoms with E-state index in [4.69, 9.17) is 4.74 Å². The second-order valence-electron chi connectivity index (χ2n) is 5.49. The van der Waals surface area contributed by atoms with E-state index in [-0.39, 0.29) is 17.9 Å². The minimum absolute atomic E-state index is 0.0158. The van der Waals surface area contributed by atoms with Crippen LogP contribution in [0.1, 0.15) is 40.1 Å². The highest BCUT2D eigenvalue weighted by molar-refractivity contribution is 5.94. The van der Waals surface area contributed by atoms with Crippen LogP contribution in [0.3, 0.4) is 0 Å². The van der Waals surface area contributed by atoms with Gasteiger partial charge in [-0.2, -0.15) is 5.10 Å². The third-order valence-electron chi connectivity index (χ3n) is 3.89. The smallest absolute Gasteiger partial charge is 0.341 e. The van der Waals surface area contributed by atoms with Gasteiger partial charge >= 0.3 is 5.97 Å². The molecule has 1 unspecified atom stereocenters. The number of carbonyl (C=O) groups is 2. The van der Waals surface area contributed by atoms with Crippen LogP contribution in [0.5, 0.6) is 0 Å². The van der Waals surface area contributed by atoms with Gasteiger partial charge < -0.3 is 9.64 Å². The van der Waals surface area contributed by atoms with Gasteiger partial charge in [0, 0.05) is 24.5 Å².